The fourth-order valence-corrected chi connectivity index (χ4v) is 1.65. The maximum Gasteiger partial charge on any atom is 0.387 e. The van der Waals surface area contributed by atoms with Gasteiger partial charge >= 0.3 is 6.61 Å². The van der Waals surface area contributed by atoms with Gasteiger partial charge in [0.1, 0.15) is 17.9 Å². The number of carbonyl (C=O) groups excluding carboxylic acids is 1. The van der Waals surface area contributed by atoms with Crippen molar-refractivity contribution in [1.82, 2.24) is 20.1 Å². The predicted octanol–water partition coefficient (Wildman–Crippen LogP) is 1.68. The van der Waals surface area contributed by atoms with E-state index in [0.717, 1.165) is 0 Å². The topological polar surface area (TPSA) is 71.1 Å². The van der Waals surface area contributed by atoms with Crippen molar-refractivity contribution < 1.29 is 18.3 Å². The van der Waals surface area contributed by atoms with E-state index in [4.69, 9.17) is 0 Å². The summed E-state index contributed by atoms with van der Waals surface area (Å²) in [6.07, 6.45) is 1.32. The molecule has 8 heteroatoms. The maximum absolute atomic E-state index is 12.3. The van der Waals surface area contributed by atoms with Gasteiger partial charge in [-0.15, -0.1) is 0 Å². The van der Waals surface area contributed by atoms with Crippen molar-refractivity contribution in [2.75, 3.05) is 7.05 Å². The lowest BCUT2D eigenvalue weighted by molar-refractivity contribution is -0.0502. The van der Waals surface area contributed by atoms with Crippen molar-refractivity contribution in [3.63, 3.8) is 0 Å². The fourth-order valence-electron chi connectivity index (χ4n) is 1.65. The average molecular weight is 282 g/mol. The third-order valence-electron chi connectivity index (χ3n) is 2.53. The number of alkyl halides is 2. The highest BCUT2D eigenvalue weighted by atomic mass is 19.3. The molecule has 0 unspecified atom stereocenters. The lowest BCUT2D eigenvalue weighted by Gasteiger charge is -2.17. The Kier molecular flexibility index (Phi) is 4.24. The first kappa shape index (κ1) is 13.9. The molecule has 6 nitrogen and oxygen atoms in total. The molecule has 0 spiro atoms. The van der Waals surface area contributed by atoms with E-state index in [1.54, 1.807) is 6.07 Å². The van der Waals surface area contributed by atoms with Crippen molar-refractivity contribution in [2.24, 2.45) is 0 Å². The van der Waals surface area contributed by atoms with Crippen LogP contribution in [-0.2, 0) is 6.54 Å². The summed E-state index contributed by atoms with van der Waals surface area (Å²) in [5, 5.41) is 6.28. The second-order valence-corrected chi connectivity index (χ2v) is 3.97. The number of carbonyl (C=O) groups is 1. The van der Waals surface area contributed by atoms with Gasteiger partial charge in [0, 0.05) is 7.05 Å². The number of para-hydroxylation sites is 1. The molecular weight excluding hydrogens is 270 g/mol. The van der Waals surface area contributed by atoms with E-state index in [-0.39, 0.29) is 17.9 Å². The molecule has 1 amide bonds. The molecule has 0 radical (unpaired) electrons. The molecule has 2 aromatic rings. The number of hydrogen-bond acceptors (Lipinski definition) is 4. The van der Waals surface area contributed by atoms with Gasteiger partial charge in [-0.1, -0.05) is 12.1 Å². The number of H-pyrrole nitrogens is 1. The van der Waals surface area contributed by atoms with Gasteiger partial charge in [0.2, 0.25) is 0 Å². The SMILES string of the molecule is CN(Cc1ncn[nH]1)C(=O)c1ccccc1OC(F)F. The normalized spacial score (nSPS) is 10.6. The summed E-state index contributed by atoms with van der Waals surface area (Å²) in [7, 11) is 1.53. The Morgan fingerprint density at radius 1 is 1.45 bits per heavy atom. The van der Waals surface area contributed by atoms with Crippen LogP contribution >= 0.6 is 0 Å². The molecule has 20 heavy (non-hydrogen) atoms. The van der Waals surface area contributed by atoms with Crippen molar-refractivity contribution in [1.29, 1.82) is 0 Å². The monoisotopic (exact) mass is 282 g/mol. The van der Waals surface area contributed by atoms with Crippen LogP contribution in [0.15, 0.2) is 30.6 Å². The van der Waals surface area contributed by atoms with Crippen LogP contribution in [0.2, 0.25) is 0 Å². The largest absolute Gasteiger partial charge is 0.434 e. The first-order chi connectivity index (χ1) is 9.58. The molecule has 0 bridgehead atoms. The van der Waals surface area contributed by atoms with E-state index in [9.17, 15) is 13.6 Å². The second-order valence-electron chi connectivity index (χ2n) is 3.97. The number of amides is 1. The minimum Gasteiger partial charge on any atom is -0.434 e. The zero-order valence-corrected chi connectivity index (χ0v) is 10.6. The molecule has 0 saturated carbocycles. The van der Waals surface area contributed by atoms with E-state index in [1.165, 1.54) is 36.5 Å². The van der Waals surface area contributed by atoms with Crippen LogP contribution in [-0.4, -0.2) is 39.6 Å². The van der Waals surface area contributed by atoms with E-state index in [0.29, 0.717) is 5.82 Å². The Bertz CT molecular complexity index is 575. The Labute approximate surface area is 113 Å². The van der Waals surface area contributed by atoms with Gasteiger partial charge in [-0.05, 0) is 12.1 Å². The molecule has 0 atom stereocenters. The zero-order valence-electron chi connectivity index (χ0n) is 10.6. The molecule has 1 aromatic carbocycles. The summed E-state index contributed by atoms with van der Waals surface area (Å²) >= 11 is 0. The Morgan fingerprint density at radius 3 is 2.85 bits per heavy atom. The Hall–Kier alpha value is -2.51. The van der Waals surface area contributed by atoms with Crippen molar-refractivity contribution in [3.8, 4) is 5.75 Å². The highest BCUT2D eigenvalue weighted by Gasteiger charge is 2.19. The number of halogens is 2. The van der Waals surface area contributed by atoms with Gasteiger partial charge in [-0.25, -0.2) is 4.98 Å². The molecule has 106 valence electrons. The van der Waals surface area contributed by atoms with E-state index >= 15 is 0 Å². The van der Waals surface area contributed by atoms with Gasteiger partial charge in [0.25, 0.3) is 5.91 Å². The van der Waals surface area contributed by atoms with Crippen molar-refractivity contribution >= 4 is 5.91 Å². The summed E-state index contributed by atoms with van der Waals surface area (Å²) in [5.74, 6) is -0.109. The van der Waals surface area contributed by atoms with E-state index in [2.05, 4.69) is 19.9 Å². The van der Waals surface area contributed by atoms with Crippen LogP contribution in [0.3, 0.4) is 0 Å². The maximum atomic E-state index is 12.3. The number of aromatic nitrogens is 3. The first-order valence-electron chi connectivity index (χ1n) is 5.71. The van der Waals surface area contributed by atoms with E-state index < -0.39 is 12.5 Å². The molecule has 1 N–H and O–H groups in total. The Balaban J connectivity index is 2.15. The smallest absolute Gasteiger partial charge is 0.387 e. The van der Waals surface area contributed by atoms with Crippen molar-refractivity contribution in [3.05, 3.63) is 42.0 Å². The highest BCUT2D eigenvalue weighted by molar-refractivity contribution is 5.96. The quantitative estimate of drug-likeness (QED) is 0.905. The fraction of sp³-hybridized carbons (Fsp3) is 0.250. The molecule has 1 heterocycles. The molecule has 1 aromatic heterocycles. The molecular formula is C12H12F2N4O2. The number of hydrogen-bond donors (Lipinski definition) is 1. The number of nitrogens with one attached hydrogen (secondary N) is 1. The van der Waals surface area contributed by atoms with Crippen molar-refractivity contribution in [2.45, 2.75) is 13.2 Å². The minimum absolute atomic E-state index is 0.0646. The van der Waals surface area contributed by atoms with Crippen LogP contribution in [0, 0.1) is 0 Å². The summed E-state index contributed by atoms with van der Waals surface area (Å²) in [5.41, 5.74) is 0.0646. The predicted molar refractivity (Wildman–Crippen MR) is 65.3 cm³/mol. The van der Waals surface area contributed by atoms with Crippen LogP contribution in [0.25, 0.3) is 0 Å². The lowest BCUT2D eigenvalue weighted by atomic mass is 10.2. The molecule has 0 fully saturated rings. The zero-order chi connectivity index (χ0) is 14.5. The molecule has 0 aliphatic heterocycles. The van der Waals surface area contributed by atoms with Crippen LogP contribution in [0.5, 0.6) is 5.75 Å². The second kappa shape index (κ2) is 6.09. The highest BCUT2D eigenvalue weighted by Crippen LogP contribution is 2.21. The first-order valence-corrected chi connectivity index (χ1v) is 5.71. The number of rotatable bonds is 5. The lowest BCUT2D eigenvalue weighted by Crippen LogP contribution is -2.27. The third kappa shape index (κ3) is 3.28. The minimum atomic E-state index is -2.98. The third-order valence-corrected chi connectivity index (χ3v) is 2.53. The Morgan fingerprint density at radius 2 is 2.20 bits per heavy atom. The van der Waals surface area contributed by atoms with Crippen LogP contribution < -0.4 is 4.74 Å². The standard InChI is InChI=1S/C12H12F2N4O2/c1-18(6-10-15-7-16-17-10)11(19)8-4-2-3-5-9(8)20-12(13)14/h2-5,7,12H,6H2,1H3,(H,15,16,17). The number of nitrogens with zero attached hydrogens (tertiary/aromatic N) is 3. The van der Waals surface area contributed by atoms with Gasteiger partial charge < -0.3 is 9.64 Å². The number of aromatic amines is 1. The molecule has 0 aliphatic rings. The van der Waals surface area contributed by atoms with E-state index in [1.807, 2.05) is 0 Å². The van der Waals surface area contributed by atoms with Gasteiger partial charge in [-0.2, -0.15) is 13.9 Å². The average Bonchev–Trinajstić information content (AvgIpc) is 2.90. The van der Waals surface area contributed by atoms with Gasteiger partial charge in [-0.3, -0.25) is 9.89 Å². The summed E-state index contributed by atoms with van der Waals surface area (Å²) in [4.78, 5) is 17.4. The van der Waals surface area contributed by atoms with Gasteiger partial charge in [0.05, 0.1) is 12.1 Å². The molecule has 0 saturated heterocycles. The number of benzene rings is 1. The van der Waals surface area contributed by atoms with Gasteiger partial charge in [0.15, 0.2) is 0 Å². The van der Waals surface area contributed by atoms with Crippen LogP contribution in [0.1, 0.15) is 16.2 Å². The van der Waals surface area contributed by atoms with Crippen LogP contribution in [0.4, 0.5) is 8.78 Å². The molecule has 0 aliphatic carbocycles. The summed E-state index contributed by atoms with van der Waals surface area (Å²) in [6, 6.07) is 5.84. The molecule has 2 rings (SSSR count). The summed E-state index contributed by atoms with van der Waals surface area (Å²) in [6.45, 7) is -2.80. The summed E-state index contributed by atoms with van der Waals surface area (Å²) < 4.78 is 28.9. The number of ether oxygens (including phenoxy) is 1.